The highest BCUT2D eigenvalue weighted by Gasteiger charge is 2.23. The van der Waals surface area contributed by atoms with Gasteiger partial charge in [0.15, 0.2) is 0 Å². The van der Waals surface area contributed by atoms with Crippen LogP contribution in [0.25, 0.3) is 0 Å². The van der Waals surface area contributed by atoms with Gasteiger partial charge in [-0.3, -0.25) is 9.59 Å². The van der Waals surface area contributed by atoms with Crippen molar-refractivity contribution in [2.45, 2.75) is 141 Å². The van der Waals surface area contributed by atoms with Crippen molar-refractivity contribution in [1.29, 1.82) is 0 Å². The number of nitrogens with one attached hydrogen (secondary N) is 2. The summed E-state index contributed by atoms with van der Waals surface area (Å²) in [7, 11) is 6.55. The van der Waals surface area contributed by atoms with E-state index < -0.39 is 24.0 Å². The lowest BCUT2D eigenvalue weighted by molar-refractivity contribution is -0.141. The molecule has 2 amide bonds. The Bertz CT molecular complexity index is 727. The van der Waals surface area contributed by atoms with Crippen LogP contribution >= 0.6 is 21.6 Å². The number of unbranched alkanes of at least 4 members (excludes halogenated alkanes) is 15. The molecule has 0 aromatic rings. The molecule has 0 radical (unpaired) electrons. The molecule has 0 saturated heterocycles. The predicted molar refractivity (Wildman–Crippen MR) is 176 cm³/mol. The maximum absolute atomic E-state index is 12.2. The van der Waals surface area contributed by atoms with Gasteiger partial charge in [0.1, 0.15) is 12.1 Å². The summed E-state index contributed by atoms with van der Waals surface area (Å²) >= 11 is 0. The molecule has 0 fully saturated rings. The van der Waals surface area contributed by atoms with Crippen LogP contribution in [-0.4, -0.2) is 83.1 Å². The fourth-order valence-corrected chi connectivity index (χ4v) is 6.80. The lowest BCUT2D eigenvalue weighted by atomic mass is 10.1. The Labute approximate surface area is 262 Å². The number of hydrogen-bond acceptors (Lipinski definition) is 7. The molecule has 0 aromatic carbocycles. The van der Waals surface area contributed by atoms with Crippen molar-refractivity contribution in [2.75, 3.05) is 32.1 Å². The van der Waals surface area contributed by atoms with Gasteiger partial charge in [0.2, 0.25) is 11.8 Å². The number of aliphatic carboxylic acids is 2. The minimum Gasteiger partial charge on any atom is -0.480 e. The maximum atomic E-state index is 12.2. The molecule has 0 aliphatic rings. The maximum Gasteiger partial charge on any atom is 0.327 e. The standard InChI is InChI=1S/C31H59N3O6S2/c1-4-5-6-7-8-9-12-15-18-21-28(35)32-26(30(37)38)24-41-42-25-27(31(39)40)33-29(36)22-19-16-13-10-11-14-17-20-23-34(2)3/h26-27H,4-25H2,1-3H3,(H,32,35)(H,33,36)(H,37,38)(H,39,40). The van der Waals surface area contributed by atoms with Gasteiger partial charge in [0, 0.05) is 24.3 Å². The summed E-state index contributed by atoms with van der Waals surface area (Å²) in [5, 5.41) is 24.1. The van der Waals surface area contributed by atoms with Crippen LogP contribution in [0.3, 0.4) is 0 Å². The molecule has 0 bridgehead atoms. The van der Waals surface area contributed by atoms with E-state index in [4.69, 9.17) is 0 Å². The van der Waals surface area contributed by atoms with Crippen LogP contribution in [-0.2, 0) is 19.2 Å². The first kappa shape index (κ1) is 40.5. The summed E-state index contributed by atoms with van der Waals surface area (Å²) in [6.07, 6.45) is 19.7. The van der Waals surface area contributed by atoms with E-state index in [1.54, 1.807) is 0 Å². The second kappa shape index (κ2) is 28.3. The molecule has 4 N–H and O–H groups in total. The number of carbonyl (C=O) groups is 4. The average Bonchev–Trinajstić information content (AvgIpc) is 2.93. The van der Waals surface area contributed by atoms with E-state index in [0.717, 1.165) is 51.5 Å². The Morgan fingerprint density at radius 1 is 0.571 bits per heavy atom. The van der Waals surface area contributed by atoms with Crippen molar-refractivity contribution in [3.8, 4) is 0 Å². The van der Waals surface area contributed by atoms with E-state index >= 15 is 0 Å². The minimum absolute atomic E-state index is 0.109. The van der Waals surface area contributed by atoms with Gasteiger partial charge in [0.05, 0.1) is 0 Å². The van der Waals surface area contributed by atoms with Crippen LogP contribution < -0.4 is 10.6 Å². The Kier molecular flexibility index (Phi) is 27.3. The van der Waals surface area contributed by atoms with Crippen LogP contribution in [0.1, 0.15) is 129 Å². The van der Waals surface area contributed by atoms with Crippen LogP contribution in [0.15, 0.2) is 0 Å². The fraction of sp³-hybridized carbons (Fsp3) is 0.871. The summed E-state index contributed by atoms with van der Waals surface area (Å²) in [4.78, 5) is 49.9. The Balaban J connectivity index is 4.04. The quantitative estimate of drug-likeness (QED) is 0.0516. The van der Waals surface area contributed by atoms with Gasteiger partial charge in [-0.25, -0.2) is 9.59 Å². The lowest BCUT2D eigenvalue weighted by Gasteiger charge is -2.16. The third-order valence-corrected chi connectivity index (χ3v) is 9.51. The molecule has 0 rings (SSSR count). The van der Waals surface area contributed by atoms with Gasteiger partial charge < -0.3 is 25.7 Å². The first-order chi connectivity index (χ1) is 20.2. The van der Waals surface area contributed by atoms with Crippen molar-refractivity contribution in [3.63, 3.8) is 0 Å². The number of amides is 2. The van der Waals surface area contributed by atoms with Gasteiger partial charge >= 0.3 is 11.9 Å². The molecular weight excluding hydrogens is 574 g/mol. The largest absolute Gasteiger partial charge is 0.480 e. The Hall–Kier alpha value is -1.46. The zero-order valence-electron chi connectivity index (χ0n) is 26.5. The number of carbonyl (C=O) groups excluding carboxylic acids is 2. The zero-order chi connectivity index (χ0) is 31.4. The topological polar surface area (TPSA) is 136 Å². The van der Waals surface area contributed by atoms with Gasteiger partial charge in [0.25, 0.3) is 0 Å². The van der Waals surface area contributed by atoms with E-state index in [9.17, 15) is 29.4 Å². The molecule has 0 saturated carbocycles. The smallest absolute Gasteiger partial charge is 0.327 e. The molecule has 0 aliphatic heterocycles. The van der Waals surface area contributed by atoms with Crippen LogP contribution in [0, 0.1) is 0 Å². The van der Waals surface area contributed by atoms with E-state index in [-0.39, 0.29) is 23.3 Å². The van der Waals surface area contributed by atoms with Crippen LogP contribution in [0.2, 0.25) is 0 Å². The van der Waals surface area contributed by atoms with Crippen LogP contribution in [0.4, 0.5) is 0 Å². The normalized spacial score (nSPS) is 12.7. The van der Waals surface area contributed by atoms with Gasteiger partial charge in [-0.1, -0.05) is 118 Å². The molecule has 2 unspecified atom stereocenters. The van der Waals surface area contributed by atoms with Crippen molar-refractivity contribution >= 4 is 45.3 Å². The minimum atomic E-state index is -1.12. The van der Waals surface area contributed by atoms with E-state index in [2.05, 4.69) is 36.6 Å². The van der Waals surface area contributed by atoms with Gasteiger partial charge in [-0.15, -0.1) is 0 Å². The third-order valence-electron chi connectivity index (χ3n) is 7.09. The monoisotopic (exact) mass is 633 g/mol. The molecule has 11 heteroatoms. The number of hydrogen-bond donors (Lipinski definition) is 4. The van der Waals surface area contributed by atoms with E-state index in [1.807, 2.05) is 0 Å². The fourth-order valence-electron chi connectivity index (χ4n) is 4.49. The highest BCUT2D eigenvalue weighted by atomic mass is 33.1. The van der Waals surface area contributed by atoms with Crippen molar-refractivity contribution in [2.24, 2.45) is 0 Å². The molecule has 246 valence electrons. The SMILES string of the molecule is CCCCCCCCCCCC(=O)NC(CSSCC(NC(=O)CCCCCCCCCCN(C)C)C(=O)O)C(=O)O. The zero-order valence-corrected chi connectivity index (χ0v) is 28.1. The van der Waals surface area contributed by atoms with E-state index in [0.29, 0.717) is 12.8 Å². The van der Waals surface area contributed by atoms with Crippen molar-refractivity contribution in [1.82, 2.24) is 15.5 Å². The first-order valence-corrected chi connectivity index (χ1v) is 18.6. The molecule has 0 aromatic heterocycles. The molecule has 42 heavy (non-hydrogen) atoms. The van der Waals surface area contributed by atoms with Crippen molar-refractivity contribution < 1.29 is 29.4 Å². The summed E-state index contributed by atoms with van der Waals surface area (Å²) in [6, 6.07) is -2.08. The van der Waals surface area contributed by atoms with E-state index in [1.165, 1.54) is 85.8 Å². The predicted octanol–water partition coefficient (Wildman–Crippen LogP) is 6.50. The summed E-state index contributed by atoms with van der Waals surface area (Å²) in [5.74, 6) is -2.56. The molecule has 0 aliphatic carbocycles. The second-order valence-corrected chi connectivity index (χ2v) is 14.0. The summed E-state index contributed by atoms with van der Waals surface area (Å²) in [5.41, 5.74) is 0. The van der Waals surface area contributed by atoms with Crippen LogP contribution in [0.5, 0.6) is 0 Å². The van der Waals surface area contributed by atoms with Gasteiger partial charge in [-0.2, -0.15) is 0 Å². The highest BCUT2D eigenvalue weighted by molar-refractivity contribution is 8.76. The highest BCUT2D eigenvalue weighted by Crippen LogP contribution is 2.23. The third kappa shape index (κ3) is 26.2. The molecule has 0 heterocycles. The lowest BCUT2D eigenvalue weighted by Crippen LogP contribution is -2.43. The summed E-state index contributed by atoms with van der Waals surface area (Å²) < 4.78 is 0. The van der Waals surface area contributed by atoms with Gasteiger partial charge in [-0.05, 0) is 39.9 Å². The van der Waals surface area contributed by atoms with Crippen molar-refractivity contribution in [3.05, 3.63) is 0 Å². The average molecular weight is 634 g/mol. The second-order valence-electron chi connectivity index (χ2n) is 11.4. The first-order valence-electron chi connectivity index (χ1n) is 16.1. The summed E-state index contributed by atoms with van der Waals surface area (Å²) in [6.45, 7) is 3.33. The number of nitrogens with zero attached hydrogens (tertiary/aromatic N) is 1. The molecule has 2 atom stereocenters. The number of rotatable bonds is 30. The number of carboxylic acids is 2. The Morgan fingerprint density at radius 2 is 0.905 bits per heavy atom. The molecule has 0 spiro atoms. The molecular formula is C31H59N3O6S2. The molecule has 9 nitrogen and oxygen atoms in total. The Morgan fingerprint density at radius 3 is 1.24 bits per heavy atom. The number of carboxylic acid groups (broad SMARTS) is 2.